The van der Waals surface area contributed by atoms with E-state index in [4.69, 9.17) is 18.6 Å². The first-order chi connectivity index (χ1) is 24.1. The smallest absolute Gasteiger partial charge is 0.326 e. The zero-order valence-electron chi connectivity index (χ0n) is 26.2. The molecule has 0 aliphatic heterocycles. The lowest BCUT2D eigenvalue weighted by atomic mass is 9.96. The van der Waals surface area contributed by atoms with Gasteiger partial charge in [-0.25, -0.2) is 9.55 Å². The van der Waals surface area contributed by atoms with E-state index in [0.29, 0.717) is 65.5 Å². The standard InChI is InChI=1S/C38H29N5O6/c44-35-29-15-14-28-27-12-4-5-13-31(27)49-32-17-16-30(33(29)34(28)32)36(45)43(35)24-8-6-11-26(22-24)48-38-41-23-40-37(42-38)39-18-7-19-46-20-21-47-25-9-2-1-3-10-25/h1-6,8-17,22-23H,7,18-21H2,(H,39,40,41,42). The average Bonchev–Trinajstić information content (AvgIpc) is 3.13. The zero-order chi connectivity index (χ0) is 33.2. The van der Waals surface area contributed by atoms with Crippen LogP contribution in [0.1, 0.15) is 6.42 Å². The van der Waals surface area contributed by atoms with Gasteiger partial charge in [0, 0.05) is 46.1 Å². The number of anilines is 1. The van der Waals surface area contributed by atoms with Crippen LogP contribution in [0.15, 0.2) is 123 Å². The minimum atomic E-state index is -0.434. The Balaban J connectivity index is 0.976. The minimum absolute atomic E-state index is 0.0603. The highest BCUT2D eigenvalue weighted by Gasteiger charge is 2.20. The van der Waals surface area contributed by atoms with E-state index in [-0.39, 0.29) is 6.01 Å². The average molecular weight is 652 g/mol. The van der Waals surface area contributed by atoms with Crippen LogP contribution in [0.3, 0.4) is 0 Å². The summed E-state index contributed by atoms with van der Waals surface area (Å²) in [6.45, 7) is 2.08. The van der Waals surface area contributed by atoms with Crippen molar-refractivity contribution < 1.29 is 18.6 Å². The second-order valence-corrected chi connectivity index (χ2v) is 11.3. The Bertz CT molecular complexity index is 2520. The number of para-hydroxylation sites is 2. The van der Waals surface area contributed by atoms with Gasteiger partial charge in [-0.3, -0.25) is 9.59 Å². The van der Waals surface area contributed by atoms with Crippen molar-refractivity contribution in [2.24, 2.45) is 0 Å². The third-order valence-corrected chi connectivity index (χ3v) is 8.21. The molecule has 0 saturated heterocycles. The van der Waals surface area contributed by atoms with Crippen LogP contribution in [-0.2, 0) is 4.74 Å². The Morgan fingerprint density at radius 1 is 0.673 bits per heavy atom. The van der Waals surface area contributed by atoms with E-state index in [1.54, 1.807) is 42.5 Å². The molecule has 5 aromatic carbocycles. The molecule has 8 rings (SSSR count). The van der Waals surface area contributed by atoms with Crippen molar-refractivity contribution in [2.45, 2.75) is 6.42 Å². The predicted octanol–water partition coefficient (Wildman–Crippen LogP) is 6.72. The number of hydrogen-bond acceptors (Lipinski definition) is 10. The van der Waals surface area contributed by atoms with Crippen molar-refractivity contribution in [3.63, 3.8) is 0 Å². The summed E-state index contributed by atoms with van der Waals surface area (Å²) in [7, 11) is 0. The monoisotopic (exact) mass is 651 g/mol. The molecular formula is C38H29N5O6. The third kappa shape index (κ3) is 5.87. The van der Waals surface area contributed by atoms with Crippen LogP contribution < -0.4 is 25.9 Å². The summed E-state index contributed by atoms with van der Waals surface area (Å²) in [5.41, 5.74) is 0.836. The van der Waals surface area contributed by atoms with E-state index < -0.39 is 11.1 Å². The fourth-order valence-corrected chi connectivity index (χ4v) is 6.01. The Morgan fingerprint density at radius 3 is 2.33 bits per heavy atom. The predicted molar refractivity (Wildman–Crippen MR) is 188 cm³/mol. The lowest BCUT2D eigenvalue weighted by Crippen LogP contribution is -2.31. The molecule has 242 valence electrons. The molecule has 0 amide bonds. The summed E-state index contributed by atoms with van der Waals surface area (Å²) in [5, 5.41) is 7.17. The van der Waals surface area contributed by atoms with Crippen molar-refractivity contribution in [1.82, 2.24) is 19.5 Å². The molecule has 8 aromatic rings. The lowest BCUT2D eigenvalue weighted by Gasteiger charge is -2.14. The second kappa shape index (κ2) is 13.1. The van der Waals surface area contributed by atoms with E-state index in [1.165, 1.54) is 10.9 Å². The van der Waals surface area contributed by atoms with Gasteiger partial charge < -0.3 is 23.9 Å². The van der Waals surface area contributed by atoms with E-state index in [0.717, 1.165) is 33.9 Å². The fraction of sp³-hybridized carbons (Fsp3) is 0.132. The lowest BCUT2D eigenvalue weighted by molar-refractivity contribution is 0.0999. The maximum Gasteiger partial charge on any atom is 0.326 e. The molecule has 0 aliphatic carbocycles. The van der Waals surface area contributed by atoms with Crippen LogP contribution in [0.2, 0.25) is 0 Å². The first-order valence-corrected chi connectivity index (χ1v) is 15.9. The number of nitrogens with zero attached hydrogens (tertiary/aromatic N) is 4. The first-order valence-electron chi connectivity index (χ1n) is 15.9. The molecular weight excluding hydrogens is 622 g/mol. The van der Waals surface area contributed by atoms with Crippen molar-refractivity contribution in [3.8, 4) is 23.2 Å². The largest absolute Gasteiger partial charge is 0.491 e. The van der Waals surface area contributed by atoms with Crippen LogP contribution in [-0.4, -0.2) is 45.9 Å². The van der Waals surface area contributed by atoms with Crippen LogP contribution in [0.5, 0.6) is 17.5 Å². The van der Waals surface area contributed by atoms with Gasteiger partial charge in [-0.15, -0.1) is 0 Å². The van der Waals surface area contributed by atoms with E-state index >= 15 is 0 Å². The maximum atomic E-state index is 13.9. The van der Waals surface area contributed by atoms with Crippen molar-refractivity contribution in [3.05, 3.63) is 130 Å². The van der Waals surface area contributed by atoms with Crippen molar-refractivity contribution in [1.29, 1.82) is 0 Å². The number of aromatic nitrogens is 4. The number of hydrogen-bond donors (Lipinski definition) is 1. The summed E-state index contributed by atoms with van der Waals surface area (Å²) < 4.78 is 24.5. The molecule has 11 nitrogen and oxygen atoms in total. The summed E-state index contributed by atoms with van der Waals surface area (Å²) >= 11 is 0. The topological polar surface area (TPSA) is 131 Å². The molecule has 0 spiro atoms. The quantitative estimate of drug-likeness (QED) is 0.0863. The van der Waals surface area contributed by atoms with Gasteiger partial charge in [0.2, 0.25) is 5.95 Å². The molecule has 3 aromatic heterocycles. The number of pyridine rings is 1. The highest BCUT2D eigenvalue weighted by atomic mass is 16.5. The first kappa shape index (κ1) is 30.0. The highest BCUT2D eigenvalue weighted by molar-refractivity contribution is 6.26. The number of rotatable bonds is 12. The fourth-order valence-electron chi connectivity index (χ4n) is 6.01. The molecule has 11 heteroatoms. The molecule has 49 heavy (non-hydrogen) atoms. The summed E-state index contributed by atoms with van der Waals surface area (Å²) in [5.74, 6) is 1.51. The molecule has 0 radical (unpaired) electrons. The zero-order valence-corrected chi connectivity index (χ0v) is 26.2. The summed E-state index contributed by atoms with van der Waals surface area (Å²) in [4.78, 5) is 40.5. The van der Waals surface area contributed by atoms with Crippen molar-refractivity contribution >= 4 is 49.4 Å². The molecule has 0 bridgehead atoms. The molecule has 0 atom stereocenters. The number of fused-ring (bicyclic) bond motifs is 2. The normalized spacial score (nSPS) is 11.5. The Morgan fingerprint density at radius 2 is 1.45 bits per heavy atom. The van der Waals surface area contributed by atoms with Crippen LogP contribution in [0.25, 0.3) is 49.2 Å². The van der Waals surface area contributed by atoms with Crippen LogP contribution in [0, 0.1) is 0 Å². The Hall–Kier alpha value is -6.33. The van der Waals surface area contributed by atoms with Crippen molar-refractivity contribution in [2.75, 3.05) is 31.7 Å². The number of ether oxygens (including phenoxy) is 3. The molecule has 0 saturated carbocycles. The van der Waals surface area contributed by atoms with E-state index in [2.05, 4.69) is 20.3 Å². The van der Waals surface area contributed by atoms with Gasteiger partial charge in [0.1, 0.15) is 35.6 Å². The minimum Gasteiger partial charge on any atom is -0.491 e. The molecule has 1 N–H and O–H groups in total. The van der Waals surface area contributed by atoms with Gasteiger partial charge in [0.15, 0.2) is 0 Å². The highest BCUT2D eigenvalue weighted by Crippen LogP contribution is 2.36. The second-order valence-electron chi connectivity index (χ2n) is 11.3. The summed E-state index contributed by atoms with van der Waals surface area (Å²) in [6.07, 6.45) is 2.08. The molecule has 0 aliphatic rings. The van der Waals surface area contributed by atoms with Gasteiger partial charge in [0.05, 0.1) is 12.3 Å². The third-order valence-electron chi connectivity index (χ3n) is 8.21. The van der Waals surface area contributed by atoms with Gasteiger partial charge in [0.25, 0.3) is 11.1 Å². The number of benzene rings is 5. The van der Waals surface area contributed by atoms with E-state index in [9.17, 15) is 9.59 Å². The van der Waals surface area contributed by atoms with Crippen LogP contribution in [0.4, 0.5) is 5.95 Å². The van der Waals surface area contributed by atoms with Gasteiger partial charge in [-0.2, -0.15) is 9.97 Å². The maximum absolute atomic E-state index is 13.9. The van der Waals surface area contributed by atoms with E-state index in [1.807, 2.05) is 60.7 Å². The molecule has 3 heterocycles. The number of nitrogens with one attached hydrogen (secondary N) is 1. The van der Waals surface area contributed by atoms with Gasteiger partial charge in [-0.05, 0) is 60.3 Å². The van der Waals surface area contributed by atoms with Gasteiger partial charge in [-0.1, -0.05) is 48.5 Å². The Kier molecular flexibility index (Phi) is 8.00. The molecule has 0 unspecified atom stereocenters. The Labute approximate surface area is 278 Å². The van der Waals surface area contributed by atoms with Gasteiger partial charge >= 0.3 is 6.01 Å². The summed E-state index contributed by atoms with van der Waals surface area (Å²) in [6, 6.07) is 31.3. The molecule has 0 fully saturated rings. The van der Waals surface area contributed by atoms with Crippen LogP contribution >= 0.6 is 0 Å². The SMILES string of the molecule is O=c1c2ccc3oc4ccccc4c4ccc(c(=O)n1-c1cccc(Oc5ncnc(NCCCOCCOc6ccccc6)n5)c1)c2c34.